The van der Waals surface area contributed by atoms with Crippen molar-refractivity contribution in [3.8, 4) is 5.75 Å². The Bertz CT molecular complexity index is 768. The number of thiol groups is 1. The first-order valence-corrected chi connectivity index (χ1v) is 10.6. The lowest BCUT2D eigenvalue weighted by molar-refractivity contribution is -0.132. The molecular formula is C21H32N2O3S. The van der Waals surface area contributed by atoms with Crippen LogP contribution in [-0.4, -0.2) is 53.5 Å². The molecule has 5 nitrogen and oxygen atoms in total. The molecule has 1 aromatic heterocycles. The van der Waals surface area contributed by atoms with Crippen molar-refractivity contribution in [3.05, 3.63) is 29.5 Å². The Hall–Kier alpha value is -1.66. The number of hydrogen-bond donors (Lipinski definition) is 2. The van der Waals surface area contributed by atoms with Crippen LogP contribution in [0.5, 0.6) is 5.75 Å². The maximum Gasteiger partial charge on any atom is 0.230 e. The van der Waals surface area contributed by atoms with Gasteiger partial charge in [0.25, 0.3) is 0 Å². The van der Waals surface area contributed by atoms with E-state index < -0.39 is 0 Å². The minimum Gasteiger partial charge on any atom is -0.496 e. The molecule has 0 bridgehead atoms. The molecule has 1 aromatic carbocycles. The number of methoxy groups -OCH3 is 1. The Kier molecular flexibility index (Phi) is 8.05. The summed E-state index contributed by atoms with van der Waals surface area (Å²) >= 11 is 3.53. The van der Waals surface area contributed by atoms with Crippen LogP contribution >= 0.6 is 12.6 Å². The number of amides is 1. The van der Waals surface area contributed by atoms with Gasteiger partial charge < -0.3 is 19.3 Å². The van der Waals surface area contributed by atoms with Crippen LogP contribution in [0.4, 0.5) is 0 Å². The van der Waals surface area contributed by atoms with Crippen LogP contribution in [0.3, 0.4) is 0 Å². The predicted octanol–water partition coefficient (Wildman–Crippen LogP) is 3.48. The van der Waals surface area contributed by atoms with Crippen LogP contribution in [0.15, 0.2) is 18.2 Å². The molecule has 1 aliphatic carbocycles. The van der Waals surface area contributed by atoms with Gasteiger partial charge in [0.05, 0.1) is 25.2 Å². The van der Waals surface area contributed by atoms with Gasteiger partial charge >= 0.3 is 0 Å². The number of fused-ring (bicyclic) bond motifs is 3. The highest BCUT2D eigenvalue weighted by atomic mass is 32.1. The molecule has 0 radical (unpaired) electrons. The van der Waals surface area contributed by atoms with Crippen molar-refractivity contribution in [2.45, 2.75) is 45.6 Å². The molecule has 0 aliphatic heterocycles. The summed E-state index contributed by atoms with van der Waals surface area (Å²) in [5.41, 5.74) is 3.35. The minimum atomic E-state index is -0.123. The van der Waals surface area contributed by atoms with Crippen molar-refractivity contribution in [1.29, 1.82) is 0 Å². The lowest BCUT2D eigenvalue weighted by atomic mass is 9.84. The topological polar surface area (TPSA) is 54.7 Å². The monoisotopic (exact) mass is 392 g/mol. The van der Waals surface area contributed by atoms with Gasteiger partial charge in [0.1, 0.15) is 5.75 Å². The predicted molar refractivity (Wildman–Crippen MR) is 114 cm³/mol. The SMILES string of the molecule is CCN(CC)C(=O)[C@@H]1CCCc2c1c1c(OC)cccc1n2CCO.CS. The highest BCUT2D eigenvalue weighted by Crippen LogP contribution is 2.43. The zero-order valence-electron chi connectivity index (χ0n) is 16.9. The number of benzene rings is 1. The Labute approximate surface area is 167 Å². The molecule has 1 atom stereocenters. The third-order valence-corrected chi connectivity index (χ3v) is 5.37. The van der Waals surface area contributed by atoms with Crippen LogP contribution in [0.25, 0.3) is 10.9 Å². The molecule has 0 fully saturated rings. The molecule has 27 heavy (non-hydrogen) atoms. The van der Waals surface area contributed by atoms with Crippen LogP contribution in [0.2, 0.25) is 0 Å². The summed E-state index contributed by atoms with van der Waals surface area (Å²) in [6.45, 7) is 6.15. The average Bonchev–Trinajstić information content (AvgIpc) is 3.04. The van der Waals surface area contributed by atoms with Gasteiger partial charge in [-0.3, -0.25) is 4.79 Å². The van der Waals surface area contributed by atoms with E-state index in [1.807, 2.05) is 30.9 Å². The molecular weight excluding hydrogens is 360 g/mol. The number of likely N-dealkylation sites (N-methyl/N-ethyl adjacent to an activating group) is 1. The smallest absolute Gasteiger partial charge is 0.230 e. The van der Waals surface area contributed by atoms with Gasteiger partial charge in [-0.2, -0.15) is 12.6 Å². The van der Waals surface area contributed by atoms with E-state index in [2.05, 4.69) is 23.3 Å². The van der Waals surface area contributed by atoms with Gasteiger partial charge in [0.2, 0.25) is 5.91 Å². The first-order valence-electron chi connectivity index (χ1n) is 9.70. The second-order valence-corrected chi connectivity index (χ2v) is 6.55. The van der Waals surface area contributed by atoms with E-state index in [4.69, 9.17) is 4.74 Å². The summed E-state index contributed by atoms with van der Waals surface area (Å²) in [6.07, 6.45) is 4.50. The zero-order valence-corrected chi connectivity index (χ0v) is 17.8. The normalized spacial score (nSPS) is 15.7. The highest BCUT2D eigenvalue weighted by Gasteiger charge is 2.34. The first kappa shape index (κ1) is 21.6. The van der Waals surface area contributed by atoms with Crippen molar-refractivity contribution < 1.29 is 14.6 Å². The van der Waals surface area contributed by atoms with E-state index in [9.17, 15) is 9.90 Å². The highest BCUT2D eigenvalue weighted by molar-refractivity contribution is 7.79. The number of carbonyl (C=O) groups is 1. The molecule has 2 aromatic rings. The summed E-state index contributed by atoms with van der Waals surface area (Å²) in [6, 6.07) is 5.99. The largest absolute Gasteiger partial charge is 0.496 e. The summed E-state index contributed by atoms with van der Waals surface area (Å²) < 4.78 is 7.80. The van der Waals surface area contributed by atoms with Crippen molar-refractivity contribution >= 4 is 29.4 Å². The van der Waals surface area contributed by atoms with Crippen LogP contribution in [0.1, 0.15) is 43.9 Å². The van der Waals surface area contributed by atoms with E-state index in [1.165, 1.54) is 5.69 Å². The molecule has 1 N–H and O–H groups in total. The van der Waals surface area contributed by atoms with Crippen LogP contribution in [-0.2, 0) is 17.8 Å². The molecule has 0 spiro atoms. The quantitative estimate of drug-likeness (QED) is 0.740. The van der Waals surface area contributed by atoms with Crippen molar-refractivity contribution in [1.82, 2.24) is 9.47 Å². The Morgan fingerprint density at radius 3 is 2.63 bits per heavy atom. The fourth-order valence-corrected chi connectivity index (χ4v) is 4.24. The van der Waals surface area contributed by atoms with E-state index in [1.54, 1.807) is 13.4 Å². The Morgan fingerprint density at radius 1 is 1.33 bits per heavy atom. The summed E-state index contributed by atoms with van der Waals surface area (Å²) in [5.74, 6) is 0.895. The standard InChI is InChI=1S/C20H28N2O3.CH4S/c1-4-21(5-2)20(24)14-8-6-9-15-18(14)19-16(22(15)12-13-23)10-7-11-17(19)25-3;1-2/h7,10-11,14,23H,4-6,8-9,12-13H2,1-3H3;2H,1H3/t14-;/m1./s1. The molecule has 150 valence electrons. The van der Waals surface area contributed by atoms with Gasteiger partial charge in [-0.15, -0.1) is 0 Å². The molecule has 0 unspecified atom stereocenters. The van der Waals surface area contributed by atoms with Crippen molar-refractivity contribution in [2.75, 3.05) is 33.1 Å². The fourth-order valence-electron chi connectivity index (χ4n) is 4.24. The van der Waals surface area contributed by atoms with Crippen LogP contribution < -0.4 is 4.74 Å². The maximum absolute atomic E-state index is 13.2. The van der Waals surface area contributed by atoms with Crippen molar-refractivity contribution in [3.63, 3.8) is 0 Å². The van der Waals surface area contributed by atoms with E-state index >= 15 is 0 Å². The second kappa shape index (κ2) is 10.0. The number of nitrogens with zero attached hydrogens (tertiary/aromatic N) is 2. The molecule has 1 amide bonds. The number of rotatable bonds is 6. The summed E-state index contributed by atoms with van der Waals surface area (Å²) in [4.78, 5) is 15.1. The fraction of sp³-hybridized carbons (Fsp3) is 0.571. The van der Waals surface area contributed by atoms with Gasteiger partial charge in [-0.05, 0) is 57.1 Å². The molecule has 0 saturated heterocycles. The van der Waals surface area contributed by atoms with E-state index in [-0.39, 0.29) is 18.4 Å². The minimum absolute atomic E-state index is 0.0854. The van der Waals surface area contributed by atoms with Crippen molar-refractivity contribution in [2.24, 2.45) is 0 Å². The number of aromatic nitrogens is 1. The van der Waals surface area contributed by atoms with Gasteiger partial charge in [-0.25, -0.2) is 0 Å². The van der Waals surface area contributed by atoms with Gasteiger partial charge in [-0.1, -0.05) is 6.07 Å². The number of ether oxygens (including phenoxy) is 1. The lowest BCUT2D eigenvalue weighted by Crippen LogP contribution is -2.36. The number of aliphatic hydroxyl groups is 1. The number of aliphatic hydroxyl groups excluding tert-OH is 1. The molecule has 1 heterocycles. The average molecular weight is 393 g/mol. The first-order chi connectivity index (χ1) is 13.2. The lowest BCUT2D eigenvalue weighted by Gasteiger charge is -2.29. The van der Waals surface area contributed by atoms with Crippen LogP contribution in [0, 0.1) is 0 Å². The molecule has 0 saturated carbocycles. The second-order valence-electron chi connectivity index (χ2n) is 6.55. The van der Waals surface area contributed by atoms with E-state index in [0.717, 1.165) is 54.6 Å². The van der Waals surface area contributed by atoms with E-state index in [0.29, 0.717) is 6.54 Å². The summed E-state index contributed by atoms with van der Waals surface area (Å²) in [7, 11) is 1.68. The zero-order chi connectivity index (χ0) is 20.0. The van der Waals surface area contributed by atoms with Gasteiger partial charge in [0.15, 0.2) is 0 Å². The molecule has 3 rings (SSSR count). The third kappa shape index (κ3) is 3.97. The number of carbonyl (C=O) groups excluding carboxylic acids is 1. The number of hydrogen-bond acceptors (Lipinski definition) is 4. The molecule has 1 aliphatic rings. The Balaban J connectivity index is 0.00000126. The van der Waals surface area contributed by atoms with Gasteiger partial charge in [0, 0.05) is 30.7 Å². The third-order valence-electron chi connectivity index (χ3n) is 5.37. The molecule has 6 heteroatoms. The summed E-state index contributed by atoms with van der Waals surface area (Å²) in [5, 5.41) is 10.6. The maximum atomic E-state index is 13.2. The Morgan fingerprint density at radius 2 is 2.04 bits per heavy atom.